The molecule has 3 rings (SSSR count). The largest absolute Gasteiger partial charge is 0.504 e. The number of aryl methyl sites for hydroxylation is 1. The molecule has 0 aliphatic carbocycles. The number of carbonyl (C=O) groups is 1. The van der Waals surface area contributed by atoms with E-state index < -0.39 is 0 Å². The normalized spacial score (nSPS) is 17.5. The average molecular weight is 273 g/mol. The van der Waals surface area contributed by atoms with Crippen molar-refractivity contribution in [2.45, 2.75) is 19.3 Å². The summed E-state index contributed by atoms with van der Waals surface area (Å²) < 4.78 is 5.13. The molecule has 0 saturated heterocycles. The van der Waals surface area contributed by atoms with Crippen LogP contribution in [-0.4, -0.2) is 28.3 Å². The molecule has 0 saturated carbocycles. The van der Waals surface area contributed by atoms with E-state index in [2.05, 4.69) is 15.5 Å². The fraction of sp³-hybridized carbons (Fsp3) is 0.286. The number of carbonyl (C=O) groups excluding carboxylic acids is 1. The van der Waals surface area contributed by atoms with E-state index in [1.165, 1.54) is 7.11 Å². The van der Waals surface area contributed by atoms with Crippen molar-refractivity contribution in [3.63, 3.8) is 0 Å². The maximum atomic E-state index is 11.8. The number of nitrogens with zero attached hydrogens (tertiary/aromatic N) is 1. The summed E-state index contributed by atoms with van der Waals surface area (Å²) in [7, 11) is 1.50. The molecule has 1 amide bonds. The molecule has 1 aliphatic heterocycles. The number of nitrogens with one attached hydrogen (secondary N) is 2. The predicted molar refractivity (Wildman–Crippen MR) is 73.1 cm³/mol. The SMILES string of the molecule is COc1cc(C2CC(=O)Nc3n[nH]c(C)c32)ccc1O. The molecular weight excluding hydrogens is 258 g/mol. The van der Waals surface area contributed by atoms with Crippen LogP contribution in [0.3, 0.4) is 0 Å². The number of aromatic amines is 1. The van der Waals surface area contributed by atoms with Crippen molar-refractivity contribution < 1.29 is 14.6 Å². The first kappa shape index (κ1) is 12.5. The highest BCUT2D eigenvalue weighted by Crippen LogP contribution is 2.40. The number of benzene rings is 1. The molecule has 6 heteroatoms. The van der Waals surface area contributed by atoms with Gasteiger partial charge in [0.15, 0.2) is 17.3 Å². The van der Waals surface area contributed by atoms with Crippen molar-refractivity contribution in [1.82, 2.24) is 10.2 Å². The molecule has 2 heterocycles. The molecule has 0 radical (unpaired) electrons. The standard InChI is InChI=1S/C14H15N3O3/c1-7-13-9(6-12(19)15-14(13)17-16-7)8-3-4-10(18)11(5-8)20-2/h3-5,9,18H,6H2,1-2H3,(H2,15,16,17,19). The van der Waals surface area contributed by atoms with E-state index >= 15 is 0 Å². The minimum Gasteiger partial charge on any atom is -0.504 e. The zero-order valence-electron chi connectivity index (χ0n) is 11.2. The Hall–Kier alpha value is -2.50. The van der Waals surface area contributed by atoms with Crippen molar-refractivity contribution in [3.05, 3.63) is 35.0 Å². The molecule has 3 N–H and O–H groups in total. The number of amides is 1. The van der Waals surface area contributed by atoms with Crippen molar-refractivity contribution >= 4 is 11.7 Å². The van der Waals surface area contributed by atoms with Gasteiger partial charge in [0.1, 0.15) is 0 Å². The molecule has 104 valence electrons. The van der Waals surface area contributed by atoms with Crippen LogP contribution >= 0.6 is 0 Å². The third kappa shape index (κ3) is 1.89. The van der Waals surface area contributed by atoms with E-state index in [0.717, 1.165) is 16.8 Å². The molecule has 6 nitrogen and oxygen atoms in total. The Morgan fingerprint density at radius 3 is 3.00 bits per heavy atom. The van der Waals surface area contributed by atoms with Crippen LogP contribution in [0.2, 0.25) is 0 Å². The van der Waals surface area contributed by atoms with Crippen LogP contribution in [-0.2, 0) is 4.79 Å². The van der Waals surface area contributed by atoms with E-state index in [9.17, 15) is 9.90 Å². The highest BCUT2D eigenvalue weighted by atomic mass is 16.5. The van der Waals surface area contributed by atoms with E-state index in [-0.39, 0.29) is 17.6 Å². The lowest BCUT2D eigenvalue weighted by atomic mass is 9.85. The number of aromatic nitrogens is 2. The van der Waals surface area contributed by atoms with Crippen LogP contribution in [0.5, 0.6) is 11.5 Å². The second-order valence-corrected chi connectivity index (χ2v) is 4.85. The molecule has 1 unspecified atom stereocenters. The number of anilines is 1. The number of fused-ring (bicyclic) bond motifs is 1. The number of ether oxygens (including phenoxy) is 1. The molecule has 1 aromatic heterocycles. The second kappa shape index (κ2) is 4.56. The van der Waals surface area contributed by atoms with Crippen LogP contribution in [0.4, 0.5) is 5.82 Å². The van der Waals surface area contributed by atoms with Crippen molar-refractivity contribution in [1.29, 1.82) is 0 Å². The number of hydrogen-bond donors (Lipinski definition) is 3. The van der Waals surface area contributed by atoms with Gasteiger partial charge >= 0.3 is 0 Å². The fourth-order valence-corrected chi connectivity index (χ4v) is 2.63. The summed E-state index contributed by atoms with van der Waals surface area (Å²) in [5, 5.41) is 19.4. The van der Waals surface area contributed by atoms with Crippen LogP contribution in [0.15, 0.2) is 18.2 Å². The minimum absolute atomic E-state index is 0.0685. The topological polar surface area (TPSA) is 87.2 Å². The summed E-state index contributed by atoms with van der Waals surface area (Å²) in [5.41, 5.74) is 2.83. The van der Waals surface area contributed by atoms with Crippen molar-refractivity contribution in [3.8, 4) is 11.5 Å². The van der Waals surface area contributed by atoms with Gasteiger partial charge in [0, 0.05) is 23.6 Å². The molecule has 20 heavy (non-hydrogen) atoms. The lowest BCUT2D eigenvalue weighted by Crippen LogP contribution is -2.23. The number of aromatic hydroxyl groups is 1. The van der Waals surface area contributed by atoms with Gasteiger partial charge in [-0.2, -0.15) is 5.10 Å². The van der Waals surface area contributed by atoms with Gasteiger partial charge in [-0.25, -0.2) is 0 Å². The Labute approximate surface area is 115 Å². The molecule has 1 aliphatic rings. The minimum atomic E-state index is -0.0907. The zero-order valence-corrected chi connectivity index (χ0v) is 11.2. The highest BCUT2D eigenvalue weighted by molar-refractivity contribution is 5.94. The smallest absolute Gasteiger partial charge is 0.226 e. The van der Waals surface area contributed by atoms with E-state index in [1.54, 1.807) is 18.2 Å². The first-order valence-corrected chi connectivity index (χ1v) is 6.31. The summed E-state index contributed by atoms with van der Waals surface area (Å²) in [6.07, 6.45) is 0.349. The van der Waals surface area contributed by atoms with Gasteiger partial charge in [-0.05, 0) is 24.6 Å². The Balaban J connectivity index is 2.10. The Morgan fingerprint density at radius 1 is 1.45 bits per heavy atom. The molecular formula is C14H15N3O3. The predicted octanol–water partition coefficient (Wildman–Crippen LogP) is 1.91. The Kier molecular flexibility index (Phi) is 2.85. The molecule has 0 spiro atoms. The summed E-state index contributed by atoms with van der Waals surface area (Å²) >= 11 is 0. The molecule has 2 aromatic rings. The number of phenols is 1. The third-order valence-electron chi connectivity index (χ3n) is 3.60. The monoisotopic (exact) mass is 273 g/mol. The molecule has 0 bridgehead atoms. The van der Waals surface area contributed by atoms with Gasteiger partial charge in [-0.15, -0.1) is 0 Å². The van der Waals surface area contributed by atoms with Crippen molar-refractivity contribution in [2.24, 2.45) is 0 Å². The van der Waals surface area contributed by atoms with Gasteiger partial charge < -0.3 is 15.2 Å². The molecule has 1 aromatic carbocycles. The summed E-state index contributed by atoms with van der Waals surface area (Å²) in [6, 6.07) is 5.14. The van der Waals surface area contributed by atoms with Gasteiger partial charge in [0.2, 0.25) is 5.91 Å². The second-order valence-electron chi connectivity index (χ2n) is 4.85. The molecule has 0 fully saturated rings. The lowest BCUT2D eigenvalue weighted by molar-refractivity contribution is -0.116. The molecule has 1 atom stereocenters. The first-order chi connectivity index (χ1) is 9.60. The fourth-order valence-electron chi connectivity index (χ4n) is 2.63. The highest BCUT2D eigenvalue weighted by Gasteiger charge is 2.30. The maximum absolute atomic E-state index is 11.8. The maximum Gasteiger partial charge on any atom is 0.226 e. The first-order valence-electron chi connectivity index (χ1n) is 6.31. The average Bonchev–Trinajstić information content (AvgIpc) is 2.80. The van der Waals surface area contributed by atoms with Crippen LogP contribution in [0, 0.1) is 6.92 Å². The summed E-state index contributed by atoms with van der Waals surface area (Å²) in [4.78, 5) is 11.8. The lowest BCUT2D eigenvalue weighted by Gasteiger charge is -2.23. The van der Waals surface area contributed by atoms with E-state index in [4.69, 9.17) is 4.74 Å². The van der Waals surface area contributed by atoms with Crippen molar-refractivity contribution in [2.75, 3.05) is 12.4 Å². The third-order valence-corrected chi connectivity index (χ3v) is 3.60. The Morgan fingerprint density at radius 2 is 2.25 bits per heavy atom. The van der Waals surface area contributed by atoms with Crippen LogP contribution in [0.1, 0.15) is 29.2 Å². The van der Waals surface area contributed by atoms with E-state index in [0.29, 0.717) is 18.0 Å². The number of hydrogen-bond acceptors (Lipinski definition) is 4. The van der Waals surface area contributed by atoms with Gasteiger partial charge in [-0.1, -0.05) is 6.07 Å². The summed E-state index contributed by atoms with van der Waals surface area (Å²) in [5.74, 6) is 0.903. The number of methoxy groups -OCH3 is 1. The van der Waals surface area contributed by atoms with Gasteiger partial charge in [-0.3, -0.25) is 9.89 Å². The summed E-state index contributed by atoms with van der Waals surface area (Å²) in [6.45, 7) is 1.92. The quantitative estimate of drug-likeness (QED) is 0.780. The van der Waals surface area contributed by atoms with Crippen LogP contribution < -0.4 is 10.1 Å². The Bertz CT molecular complexity index is 678. The number of phenolic OH excluding ortho intramolecular Hbond substituents is 1. The zero-order chi connectivity index (χ0) is 14.3. The van der Waals surface area contributed by atoms with Gasteiger partial charge in [0.05, 0.1) is 7.11 Å². The van der Waals surface area contributed by atoms with E-state index in [1.807, 2.05) is 6.92 Å². The number of H-pyrrole nitrogens is 1. The number of rotatable bonds is 2. The van der Waals surface area contributed by atoms with Gasteiger partial charge in [0.25, 0.3) is 0 Å². The van der Waals surface area contributed by atoms with Crippen LogP contribution in [0.25, 0.3) is 0 Å².